The van der Waals surface area contributed by atoms with Crippen LogP contribution in [0.4, 0.5) is 0 Å². The molecule has 0 bridgehead atoms. The van der Waals surface area contributed by atoms with Crippen LogP contribution in [0.3, 0.4) is 0 Å². The van der Waals surface area contributed by atoms with Gasteiger partial charge in [0.05, 0.1) is 6.02 Å². The maximum atomic E-state index is 12.0. The summed E-state index contributed by atoms with van der Waals surface area (Å²) in [5.41, 5.74) is -0.492. The van der Waals surface area contributed by atoms with Crippen molar-refractivity contribution in [2.75, 3.05) is 0 Å². The van der Waals surface area contributed by atoms with Gasteiger partial charge in [0.25, 0.3) is 5.91 Å². The minimum atomic E-state index is -1.23. The predicted octanol–water partition coefficient (Wildman–Crippen LogP) is -2.10. The van der Waals surface area contributed by atoms with Gasteiger partial charge in [0.2, 0.25) is 5.91 Å². The third-order valence-corrected chi connectivity index (χ3v) is 3.08. The molecule has 2 amide bonds. The van der Waals surface area contributed by atoms with E-state index in [2.05, 4.69) is 16.9 Å². The van der Waals surface area contributed by atoms with E-state index in [4.69, 9.17) is 0 Å². The summed E-state index contributed by atoms with van der Waals surface area (Å²) in [6.07, 6.45) is 3.35. The van der Waals surface area contributed by atoms with E-state index >= 15 is 0 Å². The number of carbonyl (C=O) groups excluding carboxylic acids is 2. The fourth-order valence-corrected chi connectivity index (χ4v) is 2.20. The molecule has 1 aliphatic rings. The van der Waals surface area contributed by atoms with E-state index in [1.54, 1.807) is 6.92 Å². The first kappa shape index (κ1) is 18.4. The molecule has 19 heavy (non-hydrogen) atoms. The molecule has 1 atom stereocenters. The fraction of sp³-hybridized carbons (Fsp3) is 0.615. The Morgan fingerprint density at radius 1 is 1.42 bits per heavy atom. The zero-order valence-corrected chi connectivity index (χ0v) is 13.9. The molecule has 0 aromatic carbocycles. The van der Waals surface area contributed by atoms with Crippen LogP contribution in [-0.4, -0.2) is 17.8 Å². The number of allylic oxidation sites excluding steroid dienone is 1. The summed E-state index contributed by atoms with van der Waals surface area (Å²) in [4.78, 5) is 27.4. The van der Waals surface area contributed by atoms with Crippen LogP contribution in [0.15, 0.2) is 17.1 Å². The van der Waals surface area contributed by atoms with Crippen molar-refractivity contribution in [1.82, 2.24) is 5.32 Å². The number of hydrogen-bond donors (Lipinski definition) is 1. The first-order valence-electron chi connectivity index (χ1n) is 6.18. The Labute approximate surface area is 135 Å². The van der Waals surface area contributed by atoms with E-state index < -0.39 is 23.3 Å². The van der Waals surface area contributed by atoms with Crippen molar-refractivity contribution in [3.8, 4) is 0 Å². The third kappa shape index (κ3) is 4.44. The zero-order chi connectivity index (χ0) is 13.8. The first-order valence-corrected chi connectivity index (χ1v) is 6.18. The average Bonchev–Trinajstić information content (AvgIpc) is 2.25. The van der Waals surface area contributed by atoms with Crippen molar-refractivity contribution in [1.29, 1.82) is 0 Å². The number of unbranched alkanes of at least 4 members (excludes halogenated alkanes) is 2. The molecule has 100 valence electrons. The van der Waals surface area contributed by atoms with Crippen LogP contribution >= 0.6 is 0 Å². The minimum absolute atomic E-state index is 0. The molecular formula is C13H19N2NaO3. The monoisotopic (exact) mass is 274 g/mol. The van der Waals surface area contributed by atoms with E-state index in [0.717, 1.165) is 24.8 Å². The maximum absolute atomic E-state index is 12.0. The molecule has 1 unspecified atom stereocenters. The fourth-order valence-electron chi connectivity index (χ4n) is 2.20. The molecule has 0 fully saturated rings. The van der Waals surface area contributed by atoms with Crippen LogP contribution in [0.5, 0.6) is 0 Å². The number of amides is 2. The van der Waals surface area contributed by atoms with Crippen molar-refractivity contribution >= 4 is 17.8 Å². The quantitative estimate of drug-likeness (QED) is 0.261. The molecule has 0 saturated heterocycles. The predicted molar refractivity (Wildman–Crippen MR) is 66.6 cm³/mol. The van der Waals surface area contributed by atoms with E-state index in [9.17, 15) is 14.7 Å². The van der Waals surface area contributed by atoms with E-state index in [1.165, 1.54) is 0 Å². The summed E-state index contributed by atoms with van der Waals surface area (Å²) in [6, 6.07) is -0.863. The normalized spacial score (nSPS) is 22.3. The molecule has 0 aliphatic carbocycles. The second kappa shape index (κ2) is 7.82. The van der Waals surface area contributed by atoms with Crippen molar-refractivity contribution < 1.29 is 44.3 Å². The van der Waals surface area contributed by atoms with Crippen LogP contribution in [-0.2, 0) is 9.59 Å². The van der Waals surface area contributed by atoms with Gasteiger partial charge in [0, 0.05) is 0 Å². The first-order chi connectivity index (χ1) is 8.42. The molecule has 0 spiro atoms. The number of carbonyl (C=O) groups is 2. The van der Waals surface area contributed by atoms with Crippen LogP contribution in [0.1, 0.15) is 46.0 Å². The number of rotatable bonds is 6. The van der Waals surface area contributed by atoms with Gasteiger partial charge >= 0.3 is 29.6 Å². The van der Waals surface area contributed by atoms with E-state index in [-0.39, 0.29) is 36.0 Å². The maximum Gasteiger partial charge on any atom is 1.00 e. The summed E-state index contributed by atoms with van der Waals surface area (Å²) >= 11 is 0. The molecule has 1 aliphatic heterocycles. The van der Waals surface area contributed by atoms with Crippen LogP contribution in [0, 0.1) is 5.41 Å². The van der Waals surface area contributed by atoms with Gasteiger partial charge in [0.1, 0.15) is 5.41 Å². The Morgan fingerprint density at radius 2 is 2.05 bits per heavy atom. The summed E-state index contributed by atoms with van der Waals surface area (Å²) < 4.78 is 0. The molecule has 1 rings (SSSR count). The Hall–Kier alpha value is -0.650. The summed E-state index contributed by atoms with van der Waals surface area (Å²) in [5, 5.41) is 13.2. The van der Waals surface area contributed by atoms with E-state index in [1.807, 2.05) is 6.92 Å². The second-order valence-electron chi connectivity index (χ2n) is 4.85. The topological polar surface area (TPSA) is 81.6 Å². The molecule has 0 aromatic heterocycles. The van der Waals surface area contributed by atoms with Gasteiger partial charge in [-0.3, -0.25) is 9.59 Å². The number of nitrogens with zero attached hydrogens (tertiary/aromatic N) is 1. The molecule has 5 nitrogen and oxygen atoms in total. The Bertz CT molecular complexity index is 407. The van der Waals surface area contributed by atoms with Crippen molar-refractivity contribution in [2.45, 2.75) is 46.0 Å². The zero-order valence-electron chi connectivity index (χ0n) is 11.9. The van der Waals surface area contributed by atoms with Crippen LogP contribution < -0.4 is 40.0 Å². The van der Waals surface area contributed by atoms with Crippen LogP contribution in [0.2, 0.25) is 0 Å². The number of nitrogens with one attached hydrogen (secondary N) is 1. The molecular weight excluding hydrogens is 255 g/mol. The Balaban J connectivity index is 0.00000324. The summed E-state index contributed by atoms with van der Waals surface area (Å²) in [6.45, 7) is 7.56. The molecule has 0 aromatic rings. The van der Waals surface area contributed by atoms with Gasteiger partial charge in [-0.25, -0.2) is 4.99 Å². The Kier molecular flexibility index (Phi) is 7.55. The SMILES string of the molecule is C=C(C)CC1(CCCCC)C(=O)N=C([O-])NC1=O.[Na+]. The van der Waals surface area contributed by atoms with Gasteiger partial charge in [-0.15, -0.1) is 6.58 Å². The van der Waals surface area contributed by atoms with Gasteiger partial charge in [0.15, 0.2) is 0 Å². The van der Waals surface area contributed by atoms with Crippen molar-refractivity contribution in [3.63, 3.8) is 0 Å². The third-order valence-electron chi connectivity index (χ3n) is 3.08. The average molecular weight is 274 g/mol. The minimum Gasteiger partial charge on any atom is -0.846 e. The molecule has 1 N–H and O–H groups in total. The molecule has 0 radical (unpaired) electrons. The standard InChI is InChI=1S/C13H20N2O3.Na/c1-4-5-6-7-13(8-9(2)3)10(16)14-12(18)15-11(13)17;/h2,4-8H2,1,3H3,(H2,14,15,16,17,18);/q;+1/p-1. The Morgan fingerprint density at radius 3 is 2.53 bits per heavy atom. The number of amidine groups is 1. The van der Waals surface area contributed by atoms with E-state index in [0.29, 0.717) is 6.42 Å². The molecule has 6 heteroatoms. The largest absolute Gasteiger partial charge is 1.00 e. The van der Waals surface area contributed by atoms with Gasteiger partial charge in [-0.05, 0) is 19.8 Å². The molecule has 0 saturated carbocycles. The molecule has 1 heterocycles. The summed E-state index contributed by atoms with van der Waals surface area (Å²) in [7, 11) is 0. The second-order valence-corrected chi connectivity index (χ2v) is 4.85. The van der Waals surface area contributed by atoms with Gasteiger partial charge in [-0.2, -0.15) is 0 Å². The smallest absolute Gasteiger partial charge is 0.846 e. The number of hydrogen-bond acceptors (Lipinski definition) is 3. The van der Waals surface area contributed by atoms with Gasteiger partial charge < -0.3 is 10.4 Å². The summed E-state index contributed by atoms with van der Waals surface area (Å²) in [5.74, 6) is -1.16. The van der Waals surface area contributed by atoms with Crippen LogP contribution in [0.25, 0.3) is 0 Å². The van der Waals surface area contributed by atoms with Crippen molar-refractivity contribution in [3.05, 3.63) is 12.2 Å². The van der Waals surface area contributed by atoms with Crippen molar-refractivity contribution in [2.24, 2.45) is 10.4 Å². The van der Waals surface area contributed by atoms with Gasteiger partial charge in [-0.1, -0.05) is 31.8 Å². The number of aliphatic imine (C=N–C) groups is 1.